The lowest BCUT2D eigenvalue weighted by atomic mass is 10.1. The fourth-order valence-corrected chi connectivity index (χ4v) is 2.96. The Balaban J connectivity index is 1.50. The molecule has 0 aliphatic carbocycles. The van der Waals surface area contributed by atoms with E-state index in [-0.39, 0.29) is 11.9 Å². The molecule has 2 aliphatic heterocycles. The largest absolute Gasteiger partial charge is 0.372 e. The van der Waals surface area contributed by atoms with Crippen molar-refractivity contribution < 1.29 is 9.13 Å². The number of morpholine rings is 1. The summed E-state index contributed by atoms with van der Waals surface area (Å²) in [7, 11) is 0. The van der Waals surface area contributed by atoms with E-state index in [4.69, 9.17) is 10.5 Å². The van der Waals surface area contributed by atoms with Crippen LogP contribution in [-0.4, -0.2) is 41.7 Å². The van der Waals surface area contributed by atoms with Gasteiger partial charge in [0, 0.05) is 25.7 Å². The van der Waals surface area contributed by atoms with Gasteiger partial charge in [0.1, 0.15) is 5.82 Å². The number of nitrogens with zero attached hydrogens (tertiary/aromatic N) is 2. The molecule has 5 heteroatoms. The van der Waals surface area contributed by atoms with Crippen molar-refractivity contribution in [1.29, 1.82) is 0 Å². The molecule has 4 nitrogen and oxygen atoms in total. The Hall–Kier alpha value is -1.04. The van der Waals surface area contributed by atoms with E-state index in [0.717, 1.165) is 31.7 Å². The van der Waals surface area contributed by atoms with E-state index < -0.39 is 0 Å². The Morgan fingerprint density at radius 2 is 2.11 bits per heavy atom. The highest BCUT2D eigenvalue weighted by molar-refractivity contribution is 5.09. The summed E-state index contributed by atoms with van der Waals surface area (Å²) in [4.78, 5) is 6.47. The molecule has 3 unspecified atom stereocenters. The van der Waals surface area contributed by atoms with Crippen molar-refractivity contribution in [2.45, 2.75) is 37.5 Å². The maximum Gasteiger partial charge on any atom is 0.141 e. The van der Waals surface area contributed by atoms with E-state index in [1.165, 1.54) is 25.1 Å². The zero-order chi connectivity index (χ0) is 13.2. The maximum absolute atomic E-state index is 12.8. The van der Waals surface area contributed by atoms with Crippen molar-refractivity contribution in [3.05, 3.63) is 29.8 Å². The van der Waals surface area contributed by atoms with Gasteiger partial charge in [-0.1, -0.05) is 0 Å². The lowest BCUT2D eigenvalue weighted by molar-refractivity contribution is -0.0388. The third-order valence-corrected chi connectivity index (χ3v) is 4.01. The van der Waals surface area contributed by atoms with E-state index >= 15 is 0 Å². The maximum atomic E-state index is 12.8. The molecule has 0 radical (unpaired) electrons. The topological polar surface area (TPSA) is 51.4 Å². The second-order valence-corrected chi connectivity index (χ2v) is 5.51. The summed E-state index contributed by atoms with van der Waals surface area (Å²) in [6.07, 6.45) is 5.28. The highest BCUT2D eigenvalue weighted by Gasteiger charge is 2.33. The first kappa shape index (κ1) is 13.0. The van der Waals surface area contributed by atoms with Gasteiger partial charge in [-0.05, 0) is 31.4 Å². The first-order valence-electron chi connectivity index (χ1n) is 6.95. The molecule has 19 heavy (non-hydrogen) atoms. The van der Waals surface area contributed by atoms with E-state index in [2.05, 4.69) is 9.88 Å². The Morgan fingerprint density at radius 1 is 1.37 bits per heavy atom. The lowest BCUT2D eigenvalue weighted by Crippen LogP contribution is -2.43. The molecule has 2 saturated heterocycles. The van der Waals surface area contributed by atoms with Crippen LogP contribution in [0.3, 0.4) is 0 Å². The number of hydrogen-bond acceptors (Lipinski definition) is 4. The van der Waals surface area contributed by atoms with Crippen LogP contribution in [0.15, 0.2) is 18.3 Å². The molecule has 3 heterocycles. The fraction of sp³-hybridized carbons (Fsp3) is 0.643. The number of aromatic nitrogens is 1. The summed E-state index contributed by atoms with van der Waals surface area (Å²) in [5, 5.41) is 0. The van der Waals surface area contributed by atoms with Crippen LogP contribution in [0.2, 0.25) is 0 Å². The number of fused-ring (bicyclic) bond motifs is 2. The van der Waals surface area contributed by atoms with Gasteiger partial charge in [-0.15, -0.1) is 0 Å². The van der Waals surface area contributed by atoms with Crippen LogP contribution in [0.25, 0.3) is 0 Å². The van der Waals surface area contributed by atoms with Gasteiger partial charge < -0.3 is 10.5 Å². The number of nitrogens with two attached hydrogens (primary N) is 1. The summed E-state index contributed by atoms with van der Waals surface area (Å²) in [5.41, 5.74) is 6.87. The van der Waals surface area contributed by atoms with Gasteiger partial charge in [-0.2, -0.15) is 0 Å². The zero-order valence-electron chi connectivity index (χ0n) is 11.0. The third-order valence-electron chi connectivity index (χ3n) is 4.01. The molecular formula is C14H20FN3O. The minimum absolute atomic E-state index is 0.124. The predicted molar refractivity (Wildman–Crippen MR) is 70.1 cm³/mol. The molecule has 3 atom stereocenters. The van der Waals surface area contributed by atoms with E-state index in [0.29, 0.717) is 12.2 Å². The average Bonchev–Trinajstić information content (AvgIpc) is 2.76. The highest BCUT2D eigenvalue weighted by Crippen LogP contribution is 2.26. The van der Waals surface area contributed by atoms with Crippen molar-refractivity contribution in [2.75, 3.05) is 19.6 Å². The minimum atomic E-state index is -0.319. The normalized spacial score (nSPS) is 28.5. The number of likely N-dealkylation sites (tertiary alicyclic amines) is 1. The summed E-state index contributed by atoms with van der Waals surface area (Å²) < 4.78 is 18.6. The molecule has 2 N–H and O–H groups in total. The molecule has 0 spiro atoms. The molecule has 0 amide bonds. The van der Waals surface area contributed by atoms with Crippen LogP contribution < -0.4 is 5.73 Å². The Bertz CT molecular complexity index is 413. The lowest BCUT2D eigenvalue weighted by Gasteiger charge is -2.32. The van der Waals surface area contributed by atoms with E-state index in [1.54, 1.807) is 6.07 Å². The molecule has 0 aromatic carbocycles. The number of hydrogen-bond donors (Lipinski definition) is 1. The van der Waals surface area contributed by atoms with Crippen molar-refractivity contribution in [3.63, 3.8) is 0 Å². The van der Waals surface area contributed by atoms with Crippen LogP contribution in [0, 0.1) is 5.82 Å². The molecular weight excluding hydrogens is 245 g/mol. The van der Waals surface area contributed by atoms with Crippen LogP contribution in [0.4, 0.5) is 4.39 Å². The Morgan fingerprint density at radius 3 is 2.74 bits per heavy atom. The van der Waals surface area contributed by atoms with Gasteiger partial charge in [0.15, 0.2) is 0 Å². The standard InChI is InChI=1S/C14H20FN3O/c15-10-1-4-14(17-7-10)13(16)5-6-18-8-11-2-3-12(9-18)19-11/h1,4,7,11-13H,2-3,5-6,8-9,16H2. The summed E-state index contributed by atoms with van der Waals surface area (Å²) >= 11 is 0. The molecule has 104 valence electrons. The molecule has 2 fully saturated rings. The number of rotatable bonds is 4. The van der Waals surface area contributed by atoms with Crippen molar-refractivity contribution in [2.24, 2.45) is 5.73 Å². The van der Waals surface area contributed by atoms with Crippen LogP contribution >= 0.6 is 0 Å². The first-order valence-corrected chi connectivity index (χ1v) is 6.95. The Labute approximate surface area is 112 Å². The molecule has 2 bridgehead atoms. The van der Waals surface area contributed by atoms with Crippen molar-refractivity contribution in [1.82, 2.24) is 9.88 Å². The molecule has 1 aromatic rings. The van der Waals surface area contributed by atoms with Gasteiger partial charge in [0.25, 0.3) is 0 Å². The van der Waals surface area contributed by atoms with Gasteiger partial charge in [-0.25, -0.2) is 4.39 Å². The fourth-order valence-electron chi connectivity index (χ4n) is 2.96. The van der Waals surface area contributed by atoms with Gasteiger partial charge in [0.05, 0.1) is 24.1 Å². The van der Waals surface area contributed by atoms with Crippen LogP contribution in [-0.2, 0) is 4.74 Å². The number of halogens is 1. The summed E-state index contributed by atoms with van der Waals surface area (Å²) in [6.45, 7) is 2.98. The molecule has 2 aliphatic rings. The molecule has 3 rings (SSSR count). The number of pyridine rings is 1. The first-order chi connectivity index (χ1) is 9.20. The zero-order valence-corrected chi connectivity index (χ0v) is 11.0. The van der Waals surface area contributed by atoms with Gasteiger partial charge >= 0.3 is 0 Å². The average molecular weight is 265 g/mol. The SMILES string of the molecule is NC(CCN1CC2CCC(C1)O2)c1ccc(F)cn1. The second-order valence-electron chi connectivity index (χ2n) is 5.51. The smallest absolute Gasteiger partial charge is 0.141 e. The monoisotopic (exact) mass is 265 g/mol. The number of ether oxygens (including phenoxy) is 1. The summed E-state index contributed by atoms with van der Waals surface area (Å²) in [5.74, 6) is -0.319. The van der Waals surface area contributed by atoms with E-state index in [1.807, 2.05) is 0 Å². The van der Waals surface area contributed by atoms with Crippen LogP contribution in [0.1, 0.15) is 31.0 Å². The highest BCUT2D eigenvalue weighted by atomic mass is 19.1. The van der Waals surface area contributed by atoms with Crippen molar-refractivity contribution >= 4 is 0 Å². The Kier molecular flexibility index (Phi) is 3.77. The third kappa shape index (κ3) is 3.11. The minimum Gasteiger partial charge on any atom is -0.372 e. The molecule has 1 aromatic heterocycles. The summed E-state index contributed by atoms with van der Waals surface area (Å²) in [6, 6.07) is 2.96. The predicted octanol–water partition coefficient (Wildman–Crippen LogP) is 1.47. The van der Waals surface area contributed by atoms with Gasteiger partial charge in [0.2, 0.25) is 0 Å². The van der Waals surface area contributed by atoms with E-state index in [9.17, 15) is 4.39 Å². The van der Waals surface area contributed by atoms with Crippen LogP contribution in [0.5, 0.6) is 0 Å². The quantitative estimate of drug-likeness (QED) is 0.896. The second kappa shape index (κ2) is 5.53. The van der Waals surface area contributed by atoms with Gasteiger partial charge in [-0.3, -0.25) is 9.88 Å². The molecule has 0 saturated carbocycles. The van der Waals surface area contributed by atoms with Crippen molar-refractivity contribution in [3.8, 4) is 0 Å².